The summed E-state index contributed by atoms with van der Waals surface area (Å²) in [7, 11) is 1.41. The Balaban J connectivity index is 2.05. The van der Waals surface area contributed by atoms with E-state index in [0.29, 0.717) is 0 Å². The van der Waals surface area contributed by atoms with Gasteiger partial charge in [0.05, 0.1) is 17.2 Å². The van der Waals surface area contributed by atoms with E-state index in [-0.39, 0.29) is 35.7 Å². The predicted molar refractivity (Wildman–Crippen MR) is 95.4 cm³/mol. The van der Waals surface area contributed by atoms with Crippen LogP contribution >= 0.6 is 0 Å². The molecule has 9 heteroatoms. The van der Waals surface area contributed by atoms with E-state index in [9.17, 15) is 24.8 Å². The number of rotatable bonds is 3. The molecule has 0 aliphatic carbocycles. The van der Waals surface area contributed by atoms with E-state index in [1.807, 2.05) is 0 Å². The molecule has 2 aliphatic heterocycles. The van der Waals surface area contributed by atoms with Gasteiger partial charge in [-0.1, -0.05) is 30.3 Å². The first-order chi connectivity index (χ1) is 13.3. The molecule has 2 aromatic carbocycles. The van der Waals surface area contributed by atoms with E-state index >= 15 is 0 Å². The van der Waals surface area contributed by atoms with Gasteiger partial charge in [0.15, 0.2) is 0 Å². The summed E-state index contributed by atoms with van der Waals surface area (Å²) in [6.45, 7) is -0.0838. The first kappa shape index (κ1) is 18.1. The number of carbonyl (C=O) groups is 2. The number of cyclic esters (lactones) is 1. The van der Waals surface area contributed by atoms with Crippen LogP contribution in [0.25, 0.3) is 0 Å². The zero-order valence-corrected chi connectivity index (χ0v) is 14.8. The molecule has 0 saturated carbocycles. The number of benzene rings is 2. The van der Waals surface area contributed by atoms with E-state index in [4.69, 9.17) is 9.47 Å². The minimum absolute atomic E-state index is 0.0324. The average Bonchev–Trinajstić information content (AvgIpc) is 2.91. The van der Waals surface area contributed by atoms with E-state index in [1.165, 1.54) is 31.3 Å². The molecule has 28 heavy (non-hydrogen) atoms. The van der Waals surface area contributed by atoms with Crippen LogP contribution in [0.15, 0.2) is 48.5 Å². The summed E-state index contributed by atoms with van der Waals surface area (Å²) < 4.78 is 11.0. The molecule has 0 spiro atoms. The lowest BCUT2D eigenvalue weighted by Crippen LogP contribution is -2.63. The minimum atomic E-state index is -2.54. The van der Waals surface area contributed by atoms with Crippen LogP contribution in [-0.2, 0) is 30.3 Å². The predicted octanol–water partition coefficient (Wildman–Crippen LogP) is 1.23. The summed E-state index contributed by atoms with van der Waals surface area (Å²) in [5.74, 6) is -1.78. The number of amides is 1. The Labute approximate surface area is 159 Å². The van der Waals surface area contributed by atoms with Crippen molar-refractivity contribution in [2.24, 2.45) is 0 Å². The van der Waals surface area contributed by atoms with Gasteiger partial charge < -0.3 is 19.5 Å². The number of anilines is 1. The fraction of sp³-hybridized carbons (Fsp3) is 0.263. The highest BCUT2D eigenvalue weighted by Gasteiger charge is 2.70. The Morgan fingerprint density at radius 2 is 1.86 bits per heavy atom. The molecule has 1 amide bonds. The Morgan fingerprint density at radius 3 is 2.50 bits per heavy atom. The van der Waals surface area contributed by atoms with Crippen molar-refractivity contribution in [3.63, 3.8) is 0 Å². The quantitative estimate of drug-likeness (QED) is 0.480. The number of nitro benzene ring substituents is 1. The molecule has 0 unspecified atom stereocenters. The summed E-state index contributed by atoms with van der Waals surface area (Å²) in [5, 5.41) is 23.0. The van der Waals surface area contributed by atoms with Gasteiger partial charge in [0.25, 0.3) is 11.6 Å². The van der Waals surface area contributed by atoms with Crippen LogP contribution in [0.1, 0.15) is 11.1 Å². The smallest absolute Gasteiger partial charge is 0.347 e. The van der Waals surface area contributed by atoms with Crippen molar-refractivity contribution >= 4 is 23.3 Å². The number of aliphatic hydroxyl groups is 1. The zero-order chi connectivity index (χ0) is 20.1. The van der Waals surface area contributed by atoms with Crippen LogP contribution in [0.3, 0.4) is 0 Å². The molecular formula is C19H16N2O7. The van der Waals surface area contributed by atoms with Crippen LogP contribution in [0.2, 0.25) is 0 Å². The molecule has 4 rings (SSSR count). The molecule has 0 bridgehead atoms. The van der Waals surface area contributed by atoms with Crippen molar-refractivity contribution in [1.29, 1.82) is 0 Å². The van der Waals surface area contributed by atoms with Crippen molar-refractivity contribution in [1.82, 2.24) is 0 Å². The van der Waals surface area contributed by atoms with Gasteiger partial charge in [-0.3, -0.25) is 14.9 Å². The molecule has 1 saturated heterocycles. The molecule has 9 nitrogen and oxygen atoms in total. The highest BCUT2D eigenvalue weighted by atomic mass is 16.6. The van der Waals surface area contributed by atoms with Crippen molar-refractivity contribution in [2.45, 2.75) is 11.2 Å². The largest absolute Gasteiger partial charge is 0.461 e. The second kappa shape index (κ2) is 6.11. The van der Waals surface area contributed by atoms with Crippen molar-refractivity contribution in [3.05, 3.63) is 69.8 Å². The maximum Gasteiger partial charge on any atom is 0.347 e. The summed E-state index contributed by atoms with van der Waals surface area (Å²) in [6, 6.07) is 11.7. The number of nitro groups is 1. The SMILES string of the molecule is CN1C(=O)[C@@](O)([C@]2(c3ccccc3)OCCOC2=O)c2cc([N+](=O)[O-])ccc21. The van der Waals surface area contributed by atoms with Gasteiger partial charge in [0, 0.05) is 24.7 Å². The topological polar surface area (TPSA) is 119 Å². The average molecular weight is 384 g/mol. The molecule has 0 aromatic heterocycles. The summed E-state index contributed by atoms with van der Waals surface area (Å²) >= 11 is 0. The number of hydrogen-bond acceptors (Lipinski definition) is 7. The van der Waals surface area contributed by atoms with Crippen LogP contribution in [-0.4, -0.2) is 42.2 Å². The molecule has 144 valence electrons. The second-order valence-electron chi connectivity index (χ2n) is 6.56. The molecule has 2 heterocycles. The van der Waals surface area contributed by atoms with E-state index in [2.05, 4.69) is 0 Å². The maximum atomic E-state index is 13.2. The highest BCUT2D eigenvalue weighted by molar-refractivity contribution is 6.11. The van der Waals surface area contributed by atoms with Crippen molar-refractivity contribution in [2.75, 3.05) is 25.2 Å². The number of non-ortho nitro benzene ring substituents is 1. The number of hydrogen-bond donors (Lipinski definition) is 1. The van der Waals surface area contributed by atoms with Crippen molar-refractivity contribution < 1.29 is 29.1 Å². The third kappa shape index (κ3) is 2.14. The van der Waals surface area contributed by atoms with Gasteiger partial charge in [-0.15, -0.1) is 0 Å². The third-order valence-corrected chi connectivity index (χ3v) is 5.17. The second-order valence-corrected chi connectivity index (χ2v) is 6.56. The van der Waals surface area contributed by atoms with Crippen LogP contribution in [0, 0.1) is 10.1 Å². The highest BCUT2D eigenvalue weighted by Crippen LogP contribution is 2.53. The number of likely N-dealkylation sites (N-methyl/N-ethyl adjacent to an activating group) is 1. The van der Waals surface area contributed by atoms with Crippen LogP contribution in [0.5, 0.6) is 0 Å². The number of carbonyl (C=O) groups excluding carboxylic acids is 2. The maximum absolute atomic E-state index is 13.2. The van der Waals surface area contributed by atoms with Gasteiger partial charge in [0.1, 0.15) is 6.61 Å². The zero-order valence-electron chi connectivity index (χ0n) is 14.8. The normalized spacial score (nSPS) is 26.7. The number of esters is 1. The summed E-state index contributed by atoms with van der Waals surface area (Å²) in [4.78, 5) is 38.0. The Morgan fingerprint density at radius 1 is 1.14 bits per heavy atom. The lowest BCUT2D eigenvalue weighted by atomic mass is 9.73. The molecule has 1 N–H and O–H groups in total. The number of fused-ring (bicyclic) bond motifs is 1. The Kier molecular flexibility index (Phi) is 3.95. The van der Waals surface area contributed by atoms with E-state index in [0.717, 1.165) is 11.0 Å². The lowest BCUT2D eigenvalue weighted by Gasteiger charge is -2.43. The van der Waals surface area contributed by atoms with Crippen LogP contribution in [0.4, 0.5) is 11.4 Å². The molecule has 2 aromatic rings. The fourth-order valence-corrected chi connectivity index (χ4v) is 3.85. The molecule has 1 fully saturated rings. The van der Waals surface area contributed by atoms with E-state index in [1.54, 1.807) is 18.2 Å². The van der Waals surface area contributed by atoms with Gasteiger partial charge in [-0.2, -0.15) is 0 Å². The number of nitrogens with zero attached hydrogens (tertiary/aromatic N) is 2. The fourth-order valence-electron chi connectivity index (χ4n) is 3.85. The Bertz CT molecular complexity index is 993. The first-order valence-electron chi connectivity index (χ1n) is 8.50. The standard InChI is InChI=1S/C19H16N2O7/c1-20-15-8-7-13(21(25)26)11-14(15)18(24,16(20)22)19(12-5-3-2-4-6-12)17(23)27-9-10-28-19/h2-8,11,24H,9-10H2,1H3/t18-,19-/m1/s1. The van der Waals surface area contributed by atoms with Crippen molar-refractivity contribution in [3.8, 4) is 0 Å². The van der Waals surface area contributed by atoms with Gasteiger partial charge in [0.2, 0.25) is 11.2 Å². The minimum Gasteiger partial charge on any atom is -0.461 e. The van der Waals surface area contributed by atoms with Gasteiger partial charge in [-0.05, 0) is 11.6 Å². The van der Waals surface area contributed by atoms with Crippen LogP contribution < -0.4 is 4.90 Å². The summed E-state index contributed by atoms with van der Waals surface area (Å²) in [5.41, 5.74) is -4.69. The monoisotopic (exact) mass is 384 g/mol. The van der Waals surface area contributed by atoms with Gasteiger partial charge >= 0.3 is 5.97 Å². The Hall–Kier alpha value is -3.30. The molecular weight excluding hydrogens is 368 g/mol. The molecule has 2 atom stereocenters. The molecule has 0 radical (unpaired) electrons. The lowest BCUT2D eigenvalue weighted by molar-refractivity contribution is -0.385. The van der Waals surface area contributed by atoms with E-state index < -0.39 is 28.0 Å². The molecule has 2 aliphatic rings. The number of ether oxygens (including phenoxy) is 2. The summed E-state index contributed by atoms with van der Waals surface area (Å²) in [6.07, 6.45) is 0. The third-order valence-electron chi connectivity index (χ3n) is 5.17. The van der Waals surface area contributed by atoms with Gasteiger partial charge in [-0.25, -0.2) is 4.79 Å². The first-order valence-corrected chi connectivity index (χ1v) is 8.50.